The maximum absolute atomic E-state index is 9.78. The molecule has 0 unspecified atom stereocenters. The summed E-state index contributed by atoms with van der Waals surface area (Å²) >= 11 is 0. The van der Waals surface area contributed by atoms with Crippen LogP contribution in [-0.4, -0.2) is 36.8 Å². The highest BCUT2D eigenvalue weighted by Gasteiger charge is 2.19. The van der Waals surface area contributed by atoms with Gasteiger partial charge in [-0.2, -0.15) is 20.3 Å². The Kier molecular flexibility index (Phi) is 5.91. The van der Waals surface area contributed by atoms with Crippen molar-refractivity contribution >= 4 is 29.0 Å². The molecule has 0 spiro atoms. The fraction of sp³-hybridized carbons (Fsp3) is 0.0952. The first kappa shape index (κ1) is 21.0. The van der Waals surface area contributed by atoms with Crippen molar-refractivity contribution in [2.75, 3.05) is 17.7 Å². The maximum Gasteiger partial charge on any atom is 0.252 e. The van der Waals surface area contributed by atoms with Gasteiger partial charge in [-0.05, 0) is 25.1 Å². The summed E-state index contributed by atoms with van der Waals surface area (Å²) in [5, 5.41) is 38.0. The molecule has 160 valence electrons. The highest BCUT2D eigenvalue weighted by Crippen LogP contribution is 2.35. The summed E-state index contributed by atoms with van der Waals surface area (Å²) in [6, 6.07) is 11.2. The van der Waals surface area contributed by atoms with Crippen LogP contribution in [0.1, 0.15) is 16.7 Å². The van der Waals surface area contributed by atoms with E-state index in [1.54, 1.807) is 50.8 Å². The van der Waals surface area contributed by atoms with Gasteiger partial charge >= 0.3 is 0 Å². The maximum atomic E-state index is 9.78. The van der Waals surface area contributed by atoms with Crippen LogP contribution in [0.4, 0.5) is 29.0 Å². The summed E-state index contributed by atoms with van der Waals surface area (Å²) in [6.07, 6.45) is 6.10. The Hall–Kier alpha value is -5.23. The van der Waals surface area contributed by atoms with Crippen molar-refractivity contribution in [3.05, 3.63) is 65.7 Å². The zero-order valence-corrected chi connectivity index (χ0v) is 17.6. The second-order valence-corrected chi connectivity index (χ2v) is 6.51. The predicted octanol–water partition coefficient (Wildman–Crippen LogP) is 3.70. The molecule has 0 saturated carbocycles. The van der Waals surface area contributed by atoms with E-state index in [1.807, 2.05) is 12.1 Å². The van der Waals surface area contributed by atoms with Crippen molar-refractivity contribution in [3.8, 4) is 18.1 Å². The van der Waals surface area contributed by atoms with Gasteiger partial charge in [0.2, 0.25) is 0 Å². The number of nitrogens with one attached hydrogen (secondary N) is 2. The fourth-order valence-electron chi connectivity index (χ4n) is 2.94. The predicted molar refractivity (Wildman–Crippen MR) is 119 cm³/mol. The molecule has 4 rings (SSSR count). The second kappa shape index (κ2) is 9.28. The van der Waals surface area contributed by atoms with Crippen LogP contribution in [0.15, 0.2) is 59.3 Å². The fourth-order valence-corrected chi connectivity index (χ4v) is 2.94. The van der Waals surface area contributed by atoms with Crippen molar-refractivity contribution in [2.45, 2.75) is 6.92 Å². The van der Waals surface area contributed by atoms with E-state index in [4.69, 9.17) is 0 Å². The van der Waals surface area contributed by atoms with Crippen LogP contribution >= 0.6 is 0 Å². The lowest BCUT2D eigenvalue weighted by atomic mass is 10.1. The van der Waals surface area contributed by atoms with E-state index < -0.39 is 0 Å². The summed E-state index contributed by atoms with van der Waals surface area (Å²) < 4.78 is 1.31. The average molecular weight is 436 g/mol. The third-order valence-electron chi connectivity index (χ3n) is 4.53. The lowest BCUT2D eigenvalue weighted by Crippen LogP contribution is -2.04. The van der Waals surface area contributed by atoms with E-state index in [0.717, 1.165) is 0 Å². The molecule has 4 aromatic heterocycles. The van der Waals surface area contributed by atoms with Gasteiger partial charge in [0.05, 0.1) is 6.20 Å². The van der Waals surface area contributed by atoms with Crippen LogP contribution in [0.25, 0.3) is 5.95 Å². The highest BCUT2D eigenvalue weighted by atomic mass is 15.4. The highest BCUT2D eigenvalue weighted by molar-refractivity contribution is 5.76. The van der Waals surface area contributed by atoms with E-state index in [0.29, 0.717) is 28.7 Å². The summed E-state index contributed by atoms with van der Waals surface area (Å²) in [6.45, 7) is 1.74. The topological polar surface area (TPSA) is 166 Å². The minimum Gasteiger partial charge on any atom is -0.371 e. The third kappa shape index (κ3) is 4.17. The largest absolute Gasteiger partial charge is 0.371 e. The number of hydrogen-bond acceptors (Lipinski definition) is 11. The number of aromatic nitrogens is 6. The van der Waals surface area contributed by atoms with Crippen molar-refractivity contribution in [1.29, 1.82) is 10.5 Å². The molecule has 0 aliphatic rings. The zero-order chi connectivity index (χ0) is 23.2. The molecular formula is C21H16N12. The molecule has 0 radical (unpaired) electrons. The molecule has 0 atom stereocenters. The van der Waals surface area contributed by atoms with Gasteiger partial charge in [0.25, 0.3) is 5.95 Å². The van der Waals surface area contributed by atoms with E-state index in [9.17, 15) is 10.5 Å². The molecule has 4 heterocycles. The zero-order valence-electron chi connectivity index (χ0n) is 17.6. The Morgan fingerprint density at radius 3 is 2.42 bits per heavy atom. The van der Waals surface area contributed by atoms with Crippen molar-refractivity contribution in [3.63, 3.8) is 0 Å². The summed E-state index contributed by atoms with van der Waals surface area (Å²) in [7, 11) is 1.68. The van der Waals surface area contributed by atoms with Gasteiger partial charge in [-0.25, -0.2) is 19.9 Å². The van der Waals surface area contributed by atoms with Gasteiger partial charge in [0.15, 0.2) is 17.5 Å². The summed E-state index contributed by atoms with van der Waals surface area (Å²) in [5.41, 5.74) is 1.36. The minimum absolute atomic E-state index is 0.152. The van der Waals surface area contributed by atoms with Crippen LogP contribution in [0.5, 0.6) is 0 Å². The SMILES string of the molecule is CNc1nc(Nc2ccccn2)c(C#N)c(C)c1N=Nc1c(C#N)cnn1-c1ncccn1. The van der Waals surface area contributed by atoms with Gasteiger partial charge in [-0.1, -0.05) is 6.07 Å². The van der Waals surface area contributed by atoms with Crippen molar-refractivity contribution in [1.82, 2.24) is 29.7 Å². The van der Waals surface area contributed by atoms with Crippen molar-refractivity contribution in [2.24, 2.45) is 10.2 Å². The molecule has 4 aromatic rings. The van der Waals surface area contributed by atoms with Crippen LogP contribution in [-0.2, 0) is 0 Å². The number of hydrogen-bond donors (Lipinski definition) is 2. The van der Waals surface area contributed by atoms with Crippen molar-refractivity contribution < 1.29 is 0 Å². The molecular weight excluding hydrogens is 420 g/mol. The van der Waals surface area contributed by atoms with E-state index >= 15 is 0 Å². The first-order valence-electron chi connectivity index (χ1n) is 9.64. The Morgan fingerprint density at radius 2 is 1.76 bits per heavy atom. The number of pyridine rings is 2. The van der Waals surface area contributed by atoms with Gasteiger partial charge in [-0.3, -0.25) is 0 Å². The molecule has 12 heteroatoms. The van der Waals surface area contributed by atoms with Gasteiger partial charge in [0, 0.05) is 31.2 Å². The number of anilines is 3. The molecule has 0 aliphatic carbocycles. The van der Waals surface area contributed by atoms with Crippen LogP contribution < -0.4 is 10.6 Å². The average Bonchev–Trinajstić information content (AvgIpc) is 3.27. The van der Waals surface area contributed by atoms with E-state index in [1.165, 1.54) is 10.9 Å². The Labute approximate surface area is 188 Å². The third-order valence-corrected chi connectivity index (χ3v) is 4.53. The molecule has 2 N–H and O–H groups in total. The van der Waals surface area contributed by atoms with Crippen LogP contribution in [0.3, 0.4) is 0 Å². The number of nitrogens with zero attached hydrogens (tertiary/aromatic N) is 10. The lowest BCUT2D eigenvalue weighted by Gasteiger charge is -2.13. The second-order valence-electron chi connectivity index (χ2n) is 6.51. The Morgan fingerprint density at radius 1 is 0.970 bits per heavy atom. The number of azo groups is 1. The quantitative estimate of drug-likeness (QED) is 0.428. The Balaban J connectivity index is 1.79. The van der Waals surface area contributed by atoms with Crippen LogP contribution in [0, 0.1) is 29.6 Å². The molecule has 0 aliphatic heterocycles. The minimum atomic E-state index is 0.152. The van der Waals surface area contributed by atoms with Gasteiger partial charge in [-0.15, -0.1) is 10.2 Å². The normalized spacial score (nSPS) is 10.5. The molecule has 0 amide bonds. The molecule has 0 aromatic carbocycles. The lowest BCUT2D eigenvalue weighted by molar-refractivity contribution is 0.803. The summed E-state index contributed by atoms with van der Waals surface area (Å²) in [5.74, 6) is 1.65. The monoisotopic (exact) mass is 436 g/mol. The molecule has 0 saturated heterocycles. The molecule has 12 nitrogen and oxygen atoms in total. The molecule has 33 heavy (non-hydrogen) atoms. The first-order chi connectivity index (χ1) is 16.2. The van der Waals surface area contributed by atoms with E-state index in [-0.39, 0.29) is 22.9 Å². The molecule has 0 bridgehead atoms. The standard InChI is InChI=1S/C21H16N12/c1-13-15(11-23)18(29-16-6-3-4-7-25-16)30-19(24-2)17(13)31-32-20-14(10-22)12-28-33(20)21-26-8-5-9-27-21/h3-9,12H,1-2H3,(H2,24,25,29,30). The number of nitriles is 2. The molecule has 0 fully saturated rings. The first-order valence-corrected chi connectivity index (χ1v) is 9.64. The van der Waals surface area contributed by atoms with E-state index in [2.05, 4.69) is 52.0 Å². The van der Waals surface area contributed by atoms with Gasteiger partial charge < -0.3 is 10.6 Å². The Bertz CT molecular complexity index is 1400. The number of rotatable bonds is 6. The smallest absolute Gasteiger partial charge is 0.252 e. The van der Waals surface area contributed by atoms with Crippen LogP contribution in [0.2, 0.25) is 0 Å². The van der Waals surface area contributed by atoms with Gasteiger partial charge in [0.1, 0.15) is 34.8 Å². The summed E-state index contributed by atoms with van der Waals surface area (Å²) in [4.78, 5) is 17.0.